The van der Waals surface area contributed by atoms with Crippen LogP contribution in [-0.2, 0) is 9.53 Å². The number of methoxy groups -OCH3 is 1. The summed E-state index contributed by atoms with van der Waals surface area (Å²) in [6.07, 6.45) is 0. The van der Waals surface area contributed by atoms with E-state index in [1.54, 1.807) is 6.07 Å². The number of ether oxygens (including phenoxy) is 1. The minimum Gasteiger partial charge on any atom is -0.479 e. The van der Waals surface area contributed by atoms with Crippen molar-refractivity contribution in [2.24, 2.45) is 0 Å². The van der Waals surface area contributed by atoms with Gasteiger partial charge in [0.15, 0.2) is 5.54 Å². The summed E-state index contributed by atoms with van der Waals surface area (Å²) in [5, 5.41) is 11.6. The van der Waals surface area contributed by atoms with Gasteiger partial charge in [-0.15, -0.1) is 0 Å². The summed E-state index contributed by atoms with van der Waals surface area (Å²) in [6.45, 7) is 5.03. The number of benzene rings is 2. The maximum Gasteiger partial charge on any atom is 0.331 e. The van der Waals surface area contributed by atoms with Crippen molar-refractivity contribution in [2.45, 2.75) is 26.3 Å². The van der Waals surface area contributed by atoms with Gasteiger partial charge in [-0.25, -0.2) is 9.18 Å². The average molecular weight is 359 g/mol. The molecule has 138 valence electrons. The second-order valence-corrected chi connectivity index (χ2v) is 6.52. The summed E-state index contributed by atoms with van der Waals surface area (Å²) in [6, 6.07) is 10.0. The van der Waals surface area contributed by atoms with Crippen molar-refractivity contribution in [1.82, 2.24) is 5.32 Å². The molecule has 5 nitrogen and oxygen atoms in total. The Balaban J connectivity index is 2.30. The molecule has 0 aliphatic carbocycles. The van der Waals surface area contributed by atoms with Crippen LogP contribution in [0.2, 0.25) is 0 Å². The van der Waals surface area contributed by atoms with Crippen molar-refractivity contribution < 1.29 is 23.8 Å². The van der Waals surface area contributed by atoms with Crippen LogP contribution in [0.1, 0.15) is 28.4 Å². The summed E-state index contributed by atoms with van der Waals surface area (Å²) in [5.41, 5.74) is 1.83. The molecule has 0 spiro atoms. The lowest BCUT2D eigenvalue weighted by molar-refractivity contribution is -0.145. The summed E-state index contributed by atoms with van der Waals surface area (Å²) in [7, 11) is 1.33. The second-order valence-electron chi connectivity index (χ2n) is 6.52. The number of aliphatic carboxylic acids is 1. The maximum absolute atomic E-state index is 14.5. The monoisotopic (exact) mass is 359 g/mol. The van der Waals surface area contributed by atoms with Crippen molar-refractivity contribution in [1.29, 1.82) is 0 Å². The molecule has 0 aliphatic rings. The minimum absolute atomic E-state index is 0.221. The molecular formula is C20H22FNO4. The zero-order valence-electron chi connectivity index (χ0n) is 15.2. The van der Waals surface area contributed by atoms with Crippen molar-refractivity contribution >= 4 is 11.9 Å². The molecule has 2 aromatic carbocycles. The predicted molar refractivity (Wildman–Crippen MR) is 96.7 cm³/mol. The van der Waals surface area contributed by atoms with E-state index in [1.807, 2.05) is 32.0 Å². The van der Waals surface area contributed by atoms with Crippen LogP contribution in [0.3, 0.4) is 0 Å². The zero-order valence-corrected chi connectivity index (χ0v) is 15.2. The number of carbonyl (C=O) groups excluding carboxylic acids is 1. The highest BCUT2D eigenvalue weighted by atomic mass is 19.1. The Hall–Kier alpha value is -2.73. The summed E-state index contributed by atoms with van der Waals surface area (Å²) in [4.78, 5) is 23.7. The van der Waals surface area contributed by atoms with Gasteiger partial charge in [-0.2, -0.15) is 0 Å². The van der Waals surface area contributed by atoms with Gasteiger partial charge in [-0.3, -0.25) is 4.79 Å². The van der Waals surface area contributed by atoms with Gasteiger partial charge in [-0.1, -0.05) is 24.3 Å². The maximum atomic E-state index is 14.5. The van der Waals surface area contributed by atoms with E-state index in [0.29, 0.717) is 5.56 Å². The zero-order chi connectivity index (χ0) is 19.5. The quantitative estimate of drug-likeness (QED) is 0.830. The second kappa shape index (κ2) is 7.66. The first kappa shape index (κ1) is 19.6. The molecule has 0 saturated heterocycles. The van der Waals surface area contributed by atoms with Crippen LogP contribution in [0.15, 0.2) is 36.4 Å². The number of hydrogen-bond acceptors (Lipinski definition) is 3. The van der Waals surface area contributed by atoms with Crippen LogP contribution in [0.5, 0.6) is 0 Å². The highest BCUT2D eigenvalue weighted by Crippen LogP contribution is 2.24. The van der Waals surface area contributed by atoms with E-state index < -0.39 is 23.2 Å². The van der Waals surface area contributed by atoms with Crippen molar-refractivity contribution in [3.8, 4) is 11.1 Å². The Morgan fingerprint density at radius 1 is 1.12 bits per heavy atom. The Kier molecular flexibility index (Phi) is 5.77. The number of halogens is 1. The van der Waals surface area contributed by atoms with Crippen LogP contribution >= 0.6 is 0 Å². The van der Waals surface area contributed by atoms with E-state index in [4.69, 9.17) is 4.74 Å². The lowest BCUT2D eigenvalue weighted by Crippen LogP contribution is -2.55. The number of carbonyl (C=O) groups is 2. The normalized spacial score (nSPS) is 13.1. The van der Waals surface area contributed by atoms with Crippen LogP contribution in [0, 0.1) is 19.7 Å². The third-order valence-electron chi connectivity index (χ3n) is 4.35. The lowest BCUT2D eigenvalue weighted by atomic mass is 9.98. The topological polar surface area (TPSA) is 75.6 Å². The molecule has 2 rings (SSSR count). The van der Waals surface area contributed by atoms with Gasteiger partial charge in [0, 0.05) is 7.11 Å². The molecule has 0 heterocycles. The fraction of sp³-hybridized carbons (Fsp3) is 0.300. The molecule has 0 aromatic heterocycles. The van der Waals surface area contributed by atoms with Gasteiger partial charge in [0.1, 0.15) is 5.82 Å². The Bertz CT molecular complexity index is 850. The molecular weight excluding hydrogens is 337 g/mol. The first-order chi connectivity index (χ1) is 12.2. The molecule has 0 radical (unpaired) electrons. The molecule has 26 heavy (non-hydrogen) atoms. The Morgan fingerprint density at radius 3 is 2.27 bits per heavy atom. The van der Waals surface area contributed by atoms with Gasteiger partial charge >= 0.3 is 5.97 Å². The highest BCUT2D eigenvalue weighted by Gasteiger charge is 2.35. The van der Waals surface area contributed by atoms with Crippen LogP contribution in [0.4, 0.5) is 4.39 Å². The van der Waals surface area contributed by atoms with Crippen LogP contribution < -0.4 is 5.32 Å². The number of aryl methyl sites for hydroxylation is 2. The van der Waals surface area contributed by atoms with E-state index in [2.05, 4.69) is 5.32 Å². The first-order valence-corrected chi connectivity index (χ1v) is 8.10. The lowest BCUT2D eigenvalue weighted by Gasteiger charge is -2.25. The van der Waals surface area contributed by atoms with Gasteiger partial charge in [-0.05, 0) is 55.2 Å². The molecule has 0 saturated carbocycles. The summed E-state index contributed by atoms with van der Waals surface area (Å²) in [5.74, 6) is -2.79. The molecule has 0 bridgehead atoms. The van der Waals surface area contributed by atoms with Crippen molar-refractivity contribution in [3.05, 3.63) is 58.9 Å². The molecule has 1 amide bonds. The van der Waals surface area contributed by atoms with E-state index in [0.717, 1.165) is 16.7 Å². The number of carboxylic acids is 1. The third kappa shape index (κ3) is 4.08. The first-order valence-electron chi connectivity index (χ1n) is 8.10. The predicted octanol–water partition coefficient (Wildman–Crippen LogP) is 3.33. The SMILES string of the molecule is COCC(C)(NC(=O)c1ccc(-c2ccc(C)c(C)c2)cc1F)C(=O)O. The highest BCUT2D eigenvalue weighted by molar-refractivity contribution is 5.98. The average Bonchev–Trinajstić information content (AvgIpc) is 2.57. The molecule has 1 unspecified atom stereocenters. The third-order valence-corrected chi connectivity index (χ3v) is 4.35. The molecule has 6 heteroatoms. The van der Waals surface area contributed by atoms with E-state index in [1.165, 1.54) is 26.2 Å². The summed E-state index contributed by atoms with van der Waals surface area (Å²) >= 11 is 0. The van der Waals surface area contributed by atoms with E-state index in [-0.39, 0.29) is 12.2 Å². The van der Waals surface area contributed by atoms with Crippen molar-refractivity contribution in [3.63, 3.8) is 0 Å². The molecule has 0 fully saturated rings. The molecule has 1 atom stereocenters. The number of amides is 1. The number of carboxylic acid groups (broad SMARTS) is 1. The summed E-state index contributed by atoms with van der Waals surface area (Å²) < 4.78 is 19.3. The van der Waals surface area contributed by atoms with Crippen LogP contribution in [0.25, 0.3) is 11.1 Å². The minimum atomic E-state index is -1.65. The Morgan fingerprint density at radius 2 is 1.73 bits per heavy atom. The van der Waals surface area contributed by atoms with Crippen molar-refractivity contribution in [2.75, 3.05) is 13.7 Å². The molecule has 0 aliphatic heterocycles. The van der Waals surface area contributed by atoms with Gasteiger partial charge < -0.3 is 15.2 Å². The standard InChI is InChI=1S/C20H22FNO4/c1-12-5-6-14(9-13(12)2)15-7-8-16(17(21)10-15)18(23)22-20(3,11-26-4)19(24)25/h5-10H,11H2,1-4H3,(H,22,23)(H,24,25). The van der Waals surface area contributed by atoms with Crippen LogP contribution in [-0.4, -0.2) is 36.2 Å². The van der Waals surface area contributed by atoms with Gasteiger partial charge in [0.2, 0.25) is 0 Å². The van der Waals surface area contributed by atoms with E-state index in [9.17, 15) is 19.1 Å². The molecule has 2 N–H and O–H groups in total. The Labute approximate surface area is 151 Å². The fourth-order valence-corrected chi connectivity index (χ4v) is 2.56. The van der Waals surface area contributed by atoms with E-state index >= 15 is 0 Å². The number of nitrogens with one attached hydrogen (secondary N) is 1. The number of rotatable bonds is 6. The van der Waals surface area contributed by atoms with Gasteiger partial charge in [0.05, 0.1) is 12.2 Å². The molecule has 2 aromatic rings. The smallest absolute Gasteiger partial charge is 0.331 e. The number of hydrogen-bond donors (Lipinski definition) is 2. The fourth-order valence-electron chi connectivity index (χ4n) is 2.56. The largest absolute Gasteiger partial charge is 0.479 e. The van der Waals surface area contributed by atoms with Gasteiger partial charge in [0.25, 0.3) is 5.91 Å².